The van der Waals surface area contributed by atoms with Crippen LogP contribution in [0.5, 0.6) is 11.5 Å². The van der Waals surface area contributed by atoms with E-state index in [0.29, 0.717) is 37.7 Å². The Bertz CT molecular complexity index is 1630. The molecule has 2 amide bonds. The third-order valence-corrected chi connectivity index (χ3v) is 7.71. The number of thiocarbonyl (C=S) groups is 1. The minimum atomic E-state index is -0.648. The van der Waals surface area contributed by atoms with Gasteiger partial charge in [0.15, 0.2) is 16.7 Å². The van der Waals surface area contributed by atoms with E-state index >= 15 is 0 Å². The lowest BCUT2D eigenvalue weighted by atomic mass is 10.1. The van der Waals surface area contributed by atoms with Crippen molar-refractivity contribution in [2.75, 3.05) is 25.5 Å². The van der Waals surface area contributed by atoms with Gasteiger partial charge in [0.2, 0.25) is 5.91 Å². The lowest BCUT2D eigenvalue weighted by molar-refractivity contribution is -0.119. The first-order chi connectivity index (χ1) is 19.8. The first kappa shape index (κ1) is 28.1. The van der Waals surface area contributed by atoms with Crippen molar-refractivity contribution in [1.29, 1.82) is 0 Å². The highest BCUT2D eigenvalue weighted by Gasteiger charge is 2.23. The van der Waals surface area contributed by atoms with Gasteiger partial charge in [-0.2, -0.15) is 0 Å². The number of carbonyl (C=O) groups excluding carboxylic acids is 3. The topological polar surface area (TPSA) is 110 Å². The van der Waals surface area contributed by atoms with Gasteiger partial charge >= 0.3 is 5.97 Å². The summed E-state index contributed by atoms with van der Waals surface area (Å²) in [5.74, 6) is -1.15. The summed E-state index contributed by atoms with van der Waals surface area (Å²) in [4.78, 5) is 43.5. The zero-order valence-electron chi connectivity index (χ0n) is 21.9. The quantitative estimate of drug-likeness (QED) is 0.220. The fourth-order valence-corrected chi connectivity index (χ4v) is 5.62. The number of hydrogen-bond donors (Lipinski definition) is 2. The number of fused-ring (bicyclic) bond motifs is 1. The van der Waals surface area contributed by atoms with Crippen LogP contribution in [-0.2, 0) is 16.0 Å². The summed E-state index contributed by atoms with van der Waals surface area (Å²) in [6.07, 6.45) is 3.58. The summed E-state index contributed by atoms with van der Waals surface area (Å²) >= 11 is 6.47. The molecule has 1 aliphatic heterocycles. The highest BCUT2D eigenvalue weighted by molar-refractivity contribution is 7.80. The number of thiophene rings is 1. The molecule has 0 unspecified atom stereocenters. The number of esters is 1. The van der Waals surface area contributed by atoms with E-state index in [9.17, 15) is 18.8 Å². The number of pyridine rings is 1. The molecule has 1 fully saturated rings. The van der Waals surface area contributed by atoms with Crippen molar-refractivity contribution in [3.63, 3.8) is 0 Å². The number of halogens is 1. The van der Waals surface area contributed by atoms with Gasteiger partial charge in [-0.05, 0) is 61.0 Å². The van der Waals surface area contributed by atoms with Crippen LogP contribution in [0.3, 0.4) is 0 Å². The first-order valence-corrected chi connectivity index (χ1v) is 14.0. The van der Waals surface area contributed by atoms with Crippen LogP contribution in [0.4, 0.5) is 10.1 Å². The lowest BCUT2D eigenvalue weighted by Crippen LogP contribution is -2.35. The molecule has 0 aliphatic carbocycles. The number of nitrogens with one attached hydrogen (secondary N) is 2. The number of aromatic nitrogens is 1. The predicted octanol–water partition coefficient (Wildman–Crippen LogP) is 5.31. The molecule has 12 heteroatoms. The Kier molecular flexibility index (Phi) is 8.50. The minimum absolute atomic E-state index is 0.00104. The molecular formula is C29H25FN4O5S2. The maximum absolute atomic E-state index is 15.0. The van der Waals surface area contributed by atoms with Gasteiger partial charge in [-0.1, -0.05) is 12.1 Å². The molecule has 0 saturated carbocycles. The average molecular weight is 593 g/mol. The summed E-state index contributed by atoms with van der Waals surface area (Å²) in [6.45, 7) is 1.49. The molecule has 2 N–H and O–H groups in total. The van der Waals surface area contributed by atoms with E-state index < -0.39 is 11.8 Å². The summed E-state index contributed by atoms with van der Waals surface area (Å²) < 4.78 is 26.2. The predicted molar refractivity (Wildman–Crippen MR) is 157 cm³/mol. The van der Waals surface area contributed by atoms with Gasteiger partial charge in [0.05, 0.1) is 34.2 Å². The second kappa shape index (κ2) is 12.4. The summed E-state index contributed by atoms with van der Waals surface area (Å²) in [7, 11) is 1.29. The maximum Gasteiger partial charge on any atom is 0.337 e. The van der Waals surface area contributed by atoms with Crippen molar-refractivity contribution in [2.24, 2.45) is 0 Å². The summed E-state index contributed by atoms with van der Waals surface area (Å²) in [5, 5.41) is 5.34. The molecule has 0 spiro atoms. The molecule has 0 radical (unpaired) electrons. The van der Waals surface area contributed by atoms with Crippen LogP contribution >= 0.6 is 23.6 Å². The Morgan fingerprint density at radius 3 is 2.51 bits per heavy atom. The Labute approximate surface area is 244 Å². The number of hydrogen-bond acceptors (Lipinski definition) is 8. The van der Waals surface area contributed by atoms with Gasteiger partial charge in [0.25, 0.3) is 5.91 Å². The van der Waals surface area contributed by atoms with Crippen molar-refractivity contribution in [1.82, 2.24) is 15.2 Å². The van der Waals surface area contributed by atoms with Crippen LogP contribution in [0.1, 0.15) is 38.4 Å². The highest BCUT2D eigenvalue weighted by Crippen LogP contribution is 2.36. The molecule has 0 bridgehead atoms. The smallest absolute Gasteiger partial charge is 0.337 e. The van der Waals surface area contributed by atoms with E-state index in [1.807, 2.05) is 4.90 Å². The van der Waals surface area contributed by atoms with Crippen LogP contribution in [0.2, 0.25) is 0 Å². The summed E-state index contributed by atoms with van der Waals surface area (Å²) in [5.41, 5.74) is 1.98. The average Bonchev–Trinajstić information content (AvgIpc) is 3.65. The van der Waals surface area contributed by atoms with Crippen LogP contribution in [0, 0.1) is 5.82 Å². The van der Waals surface area contributed by atoms with Gasteiger partial charge in [-0.3, -0.25) is 14.6 Å². The third-order valence-electron chi connectivity index (χ3n) is 6.38. The van der Waals surface area contributed by atoms with Gasteiger partial charge in [0, 0.05) is 37.1 Å². The minimum Gasteiger partial charge on any atom is -0.465 e. The molecule has 2 aromatic carbocycles. The van der Waals surface area contributed by atoms with E-state index in [1.165, 1.54) is 30.6 Å². The number of ether oxygens (including phenoxy) is 2. The number of anilines is 1. The van der Waals surface area contributed by atoms with Gasteiger partial charge in [-0.15, -0.1) is 11.3 Å². The fourth-order valence-electron chi connectivity index (χ4n) is 4.35. The van der Waals surface area contributed by atoms with Crippen molar-refractivity contribution >= 4 is 62.4 Å². The van der Waals surface area contributed by atoms with Crippen molar-refractivity contribution in [3.05, 3.63) is 82.6 Å². The lowest BCUT2D eigenvalue weighted by Gasteiger charge is -2.13. The Hall–Kier alpha value is -4.42. The molecule has 210 valence electrons. The number of nitrogens with zero attached hydrogens (tertiary/aromatic N) is 2. The van der Waals surface area contributed by atoms with E-state index in [-0.39, 0.29) is 29.1 Å². The van der Waals surface area contributed by atoms with Crippen molar-refractivity contribution in [2.45, 2.75) is 19.3 Å². The molecule has 5 rings (SSSR count). The standard InChI is InChI=1S/C29H25FN4O5S2/c1-38-28(37)18-6-4-17(5-7-18)14-25(35)33-29(40)32-19-8-9-22(20(30)15-19)39-23-10-11-31-21-16-24(41-26(21)23)27(36)34-12-2-3-13-34/h4-11,15-16H,2-3,12-14H2,1H3,(H2,32,33,35,40). The summed E-state index contributed by atoms with van der Waals surface area (Å²) in [6, 6.07) is 14.0. The second-order valence-electron chi connectivity index (χ2n) is 9.25. The molecule has 1 aliphatic rings. The van der Waals surface area contributed by atoms with Crippen LogP contribution in [-0.4, -0.2) is 53.0 Å². The third kappa shape index (κ3) is 6.67. The number of methoxy groups -OCH3 is 1. The van der Waals surface area contributed by atoms with Crippen LogP contribution in [0.15, 0.2) is 60.8 Å². The molecule has 4 aromatic rings. The molecule has 1 saturated heterocycles. The molecule has 3 heterocycles. The largest absolute Gasteiger partial charge is 0.465 e. The van der Waals surface area contributed by atoms with E-state index in [4.69, 9.17) is 17.0 Å². The van der Waals surface area contributed by atoms with E-state index in [1.54, 1.807) is 48.7 Å². The van der Waals surface area contributed by atoms with Gasteiger partial charge in [0.1, 0.15) is 5.75 Å². The Morgan fingerprint density at radius 1 is 1.05 bits per heavy atom. The van der Waals surface area contributed by atoms with Crippen molar-refractivity contribution in [3.8, 4) is 11.5 Å². The normalized spacial score (nSPS) is 12.7. The first-order valence-electron chi connectivity index (χ1n) is 12.7. The number of carbonyl (C=O) groups is 3. The zero-order chi connectivity index (χ0) is 28.9. The molecule has 0 atom stereocenters. The number of amides is 2. The van der Waals surface area contributed by atoms with E-state index in [2.05, 4.69) is 20.4 Å². The zero-order valence-corrected chi connectivity index (χ0v) is 23.6. The molecular weight excluding hydrogens is 567 g/mol. The Balaban J connectivity index is 1.20. The number of rotatable bonds is 7. The number of benzene rings is 2. The fraction of sp³-hybridized carbons (Fsp3) is 0.207. The second-order valence-corrected chi connectivity index (χ2v) is 10.7. The monoisotopic (exact) mass is 592 g/mol. The van der Waals surface area contributed by atoms with Gasteiger partial charge < -0.3 is 25.0 Å². The maximum atomic E-state index is 15.0. The van der Waals surface area contributed by atoms with Crippen molar-refractivity contribution < 1.29 is 28.2 Å². The highest BCUT2D eigenvalue weighted by atomic mass is 32.1. The van der Waals surface area contributed by atoms with Crippen LogP contribution < -0.4 is 15.4 Å². The van der Waals surface area contributed by atoms with E-state index in [0.717, 1.165) is 25.9 Å². The Morgan fingerprint density at radius 2 is 1.80 bits per heavy atom. The molecule has 2 aromatic heterocycles. The SMILES string of the molecule is COC(=O)c1ccc(CC(=O)NC(=S)Nc2ccc(Oc3ccnc4cc(C(=O)N5CCCC5)sc34)c(F)c2)cc1. The van der Waals surface area contributed by atoms with Crippen LogP contribution in [0.25, 0.3) is 10.2 Å². The molecule has 41 heavy (non-hydrogen) atoms. The molecule has 9 nitrogen and oxygen atoms in total. The number of likely N-dealkylation sites (tertiary alicyclic amines) is 1. The van der Waals surface area contributed by atoms with Gasteiger partial charge in [-0.25, -0.2) is 9.18 Å².